The molecule has 4 nitrogen and oxygen atoms in total. The van der Waals surface area contributed by atoms with Crippen LogP contribution in [0.2, 0.25) is 0 Å². The molecule has 0 radical (unpaired) electrons. The first-order valence-electron chi connectivity index (χ1n) is 13.2. The normalized spacial score (nSPS) is 18.2. The van der Waals surface area contributed by atoms with Crippen molar-refractivity contribution in [1.82, 2.24) is 0 Å². The molecule has 0 amide bonds. The van der Waals surface area contributed by atoms with Gasteiger partial charge in [-0.15, -0.1) is 0 Å². The molecule has 0 aromatic heterocycles. The second kappa shape index (κ2) is 12.5. The van der Waals surface area contributed by atoms with Gasteiger partial charge in [0.2, 0.25) is 0 Å². The van der Waals surface area contributed by atoms with Crippen molar-refractivity contribution in [3.05, 3.63) is 88.7 Å². The molecular formula is C31H33F3O4. The van der Waals surface area contributed by atoms with Crippen molar-refractivity contribution < 1.29 is 32.5 Å². The topological polar surface area (TPSA) is 55.8 Å². The van der Waals surface area contributed by atoms with Gasteiger partial charge < -0.3 is 14.6 Å². The van der Waals surface area contributed by atoms with Crippen LogP contribution in [0.1, 0.15) is 85.9 Å². The number of rotatable bonds is 9. The second-order valence-electron chi connectivity index (χ2n) is 9.71. The van der Waals surface area contributed by atoms with Gasteiger partial charge in [0.1, 0.15) is 17.7 Å². The highest BCUT2D eigenvalue weighted by atomic mass is 19.2. The summed E-state index contributed by atoms with van der Waals surface area (Å²) in [5.41, 5.74) is 1.60. The van der Waals surface area contributed by atoms with Crippen LogP contribution >= 0.6 is 0 Å². The lowest BCUT2D eigenvalue weighted by atomic mass is 9.82. The van der Waals surface area contributed by atoms with Crippen LogP contribution in [0.3, 0.4) is 0 Å². The van der Waals surface area contributed by atoms with Crippen molar-refractivity contribution in [1.29, 1.82) is 0 Å². The minimum atomic E-state index is -0.899. The first-order valence-corrected chi connectivity index (χ1v) is 13.2. The van der Waals surface area contributed by atoms with E-state index in [-0.39, 0.29) is 17.0 Å². The molecule has 1 N–H and O–H groups in total. The first kappa shape index (κ1) is 27.7. The molecule has 38 heavy (non-hydrogen) atoms. The number of benzene rings is 3. The number of hydrogen-bond acceptors (Lipinski definition) is 4. The van der Waals surface area contributed by atoms with Gasteiger partial charge in [0.15, 0.2) is 11.6 Å². The molecule has 3 aromatic carbocycles. The second-order valence-corrected chi connectivity index (χ2v) is 9.71. The first-order chi connectivity index (χ1) is 18.3. The Morgan fingerprint density at radius 1 is 0.947 bits per heavy atom. The Kier molecular flexibility index (Phi) is 9.10. The smallest absolute Gasteiger partial charge is 0.341 e. The standard InChI is InChI=1S/C31H33F3O4/c1-3-5-28(35)21-8-6-19(7-9-21)24-16-17-25(30(34)29(24)33)20-10-12-22(13-11-20)38-31(36)26-15-14-23(37-4-2)18-27(26)32/h6-9,14-18,20,22,28,35H,3-5,10-13H2,1-2H3. The predicted octanol–water partition coefficient (Wildman–Crippen LogP) is 7.89. The fraction of sp³-hybridized carbons (Fsp3) is 0.387. The average molecular weight is 527 g/mol. The van der Waals surface area contributed by atoms with Gasteiger partial charge in [-0.1, -0.05) is 49.7 Å². The van der Waals surface area contributed by atoms with Gasteiger partial charge in [0.05, 0.1) is 18.3 Å². The van der Waals surface area contributed by atoms with Crippen LogP contribution in [-0.2, 0) is 4.74 Å². The van der Waals surface area contributed by atoms with E-state index < -0.39 is 35.6 Å². The quantitative estimate of drug-likeness (QED) is 0.288. The zero-order valence-electron chi connectivity index (χ0n) is 21.7. The molecule has 1 aliphatic rings. The molecule has 0 heterocycles. The van der Waals surface area contributed by atoms with E-state index in [0.29, 0.717) is 55.6 Å². The number of carbonyl (C=O) groups excluding carboxylic acids is 1. The zero-order valence-corrected chi connectivity index (χ0v) is 21.7. The molecule has 1 atom stereocenters. The molecule has 0 saturated heterocycles. The predicted molar refractivity (Wildman–Crippen MR) is 140 cm³/mol. The SMILES string of the molecule is CCCC(O)c1ccc(-c2ccc(C3CCC(OC(=O)c4ccc(OCC)cc4F)CC3)c(F)c2F)cc1. The molecular weight excluding hydrogens is 493 g/mol. The van der Waals surface area contributed by atoms with E-state index >= 15 is 8.78 Å². The van der Waals surface area contributed by atoms with Crippen LogP contribution in [0.15, 0.2) is 54.6 Å². The van der Waals surface area contributed by atoms with E-state index in [1.54, 1.807) is 43.3 Å². The Morgan fingerprint density at radius 2 is 1.66 bits per heavy atom. The molecule has 1 unspecified atom stereocenters. The van der Waals surface area contributed by atoms with Crippen LogP contribution in [0, 0.1) is 17.5 Å². The Bertz CT molecular complexity index is 1250. The zero-order chi connectivity index (χ0) is 27.2. The highest BCUT2D eigenvalue weighted by Gasteiger charge is 2.29. The fourth-order valence-corrected chi connectivity index (χ4v) is 5.05. The van der Waals surface area contributed by atoms with Crippen LogP contribution < -0.4 is 4.74 Å². The van der Waals surface area contributed by atoms with E-state index in [1.165, 1.54) is 12.1 Å². The van der Waals surface area contributed by atoms with E-state index in [2.05, 4.69) is 0 Å². The van der Waals surface area contributed by atoms with Gasteiger partial charge in [-0.25, -0.2) is 18.0 Å². The van der Waals surface area contributed by atoms with E-state index in [9.17, 15) is 14.3 Å². The molecule has 0 aliphatic heterocycles. The third-order valence-corrected chi connectivity index (χ3v) is 7.14. The van der Waals surface area contributed by atoms with Crippen LogP contribution in [0.4, 0.5) is 13.2 Å². The molecule has 1 fully saturated rings. The number of esters is 1. The lowest BCUT2D eigenvalue weighted by Gasteiger charge is -2.29. The summed E-state index contributed by atoms with van der Waals surface area (Å²) in [7, 11) is 0. The van der Waals surface area contributed by atoms with Crippen LogP contribution in [0.25, 0.3) is 11.1 Å². The third kappa shape index (κ3) is 6.21. The number of carbonyl (C=O) groups is 1. The Morgan fingerprint density at radius 3 is 2.29 bits per heavy atom. The van der Waals surface area contributed by atoms with Gasteiger partial charge in [-0.3, -0.25) is 0 Å². The van der Waals surface area contributed by atoms with Gasteiger partial charge in [-0.05, 0) is 73.8 Å². The monoisotopic (exact) mass is 526 g/mol. The highest BCUT2D eigenvalue weighted by molar-refractivity contribution is 5.90. The maximum atomic E-state index is 15.1. The molecule has 1 aliphatic carbocycles. The van der Waals surface area contributed by atoms with E-state index in [4.69, 9.17) is 9.47 Å². The molecule has 4 rings (SSSR count). The molecule has 0 bridgehead atoms. The van der Waals surface area contributed by atoms with Crippen molar-refractivity contribution in [3.63, 3.8) is 0 Å². The van der Waals surface area contributed by atoms with E-state index in [1.807, 2.05) is 6.92 Å². The Labute approximate surface area is 221 Å². The summed E-state index contributed by atoms with van der Waals surface area (Å²) < 4.78 is 55.3. The van der Waals surface area contributed by atoms with Crippen LogP contribution in [-0.4, -0.2) is 23.8 Å². The van der Waals surface area contributed by atoms with Crippen molar-refractivity contribution in [3.8, 4) is 16.9 Å². The highest BCUT2D eigenvalue weighted by Crippen LogP contribution is 2.38. The molecule has 3 aromatic rings. The summed E-state index contributed by atoms with van der Waals surface area (Å²) in [5.74, 6) is -3.09. The Hall–Kier alpha value is -3.32. The van der Waals surface area contributed by atoms with Crippen molar-refractivity contribution >= 4 is 5.97 Å². The van der Waals surface area contributed by atoms with Crippen molar-refractivity contribution in [2.75, 3.05) is 6.61 Å². The minimum Gasteiger partial charge on any atom is -0.494 e. The van der Waals surface area contributed by atoms with Crippen molar-refractivity contribution in [2.45, 2.75) is 70.5 Å². The summed E-state index contributed by atoms with van der Waals surface area (Å²) in [5, 5.41) is 10.1. The molecule has 7 heteroatoms. The number of aliphatic hydroxyl groups excluding tert-OH is 1. The van der Waals surface area contributed by atoms with Gasteiger partial charge in [0, 0.05) is 11.6 Å². The average Bonchev–Trinajstić information content (AvgIpc) is 2.91. The van der Waals surface area contributed by atoms with Crippen LogP contribution in [0.5, 0.6) is 5.75 Å². The molecule has 202 valence electrons. The third-order valence-electron chi connectivity index (χ3n) is 7.14. The summed E-state index contributed by atoms with van der Waals surface area (Å²) in [6.07, 6.45) is 2.46. The summed E-state index contributed by atoms with van der Waals surface area (Å²) in [6, 6.07) is 14.1. The van der Waals surface area contributed by atoms with Gasteiger partial charge >= 0.3 is 5.97 Å². The molecule has 1 saturated carbocycles. The molecule has 0 spiro atoms. The largest absolute Gasteiger partial charge is 0.494 e. The summed E-state index contributed by atoms with van der Waals surface area (Å²) in [6.45, 7) is 4.16. The number of aliphatic hydroxyl groups is 1. The lowest BCUT2D eigenvalue weighted by molar-refractivity contribution is 0.0189. The van der Waals surface area contributed by atoms with Gasteiger partial charge in [0.25, 0.3) is 0 Å². The number of halogens is 3. The summed E-state index contributed by atoms with van der Waals surface area (Å²) >= 11 is 0. The van der Waals surface area contributed by atoms with E-state index in [0.717, 1.165) is 18.1 Å². The van der Waals surface area contributed by atoms with Gasteiger partial charge in [-0.2, -0.15) is 0 Å². The number of ether oxygens (including phenoxy) is 2. The summed E-state index contributed by atoms with van der Waals surface area (Å²) in [4.78, 5) is 12.5. The lowest BCUT2D eigenvalue weighted by Crippen LogP contribution is -2.24. The number of hydrogen-bond donors (Lipinski definition) is 1. The minimum absolute atomic E-state index is 0.160. The van der Waals surface area contributed by atoms with Crippen molar-refractivity contribution in [2.24, 2.45) is 0 Å². The maximum Gasteiger partial charge on any atom is 0.341 e. The maximum absolute atomic E-state index is 15.1. The fourth-order valence-electron chi connectivity index (χ4n) is 5.05. The Balaban J connectivity index is 1.38.